The van der Waals surface area contributed by atoms with Crippen LogP contribution in [0.4, 0.5) is 0 Å². The first-order valence-corrected chi connectivity index (χ1v) is 51.3. The van der Waals surface area contributed by atoms with Crippen LogP contribution in [0.2, 0.25) is 0 Å². The van der Waals surface area contributed by atoms with E-state index in [0.717, 1.165) is 181 Å². The molecule has 0 aromatic carbocycles. The lowest BCUT2D eigenvalue weighted by Crippen LogP contribution is -2.45. The van der Waals surface area contributed by atoms with Crippen molar-refractivity contribution in [2.24, 2.45) is 197 Å². The van der Waals surface area contributed by atoms with Crippen LogP contribution in [0.25, 0.3) is 0 Å². The van der Waals surface area contributed by atoms with Crippen LogP contribution in [0, 0.1) is 197 Å². The monoisotopic (exact) mass is 1490 g/mol. The molecule has 0 nitrogen and oxygen atoms in total. The molecule has 0 N–H and O–H groups in total. The molecule has 0 amide bonds. The minimum absolute atomic E-state index is 0.647. The van der Waals surface area contributed by atoms with Gasteiger partial charge < -0.3 is 0 Å². The van der Waals surface area contributed by atoms with E-state index < -0.39 is 0 Å². The van der Waals surface area contributed by atoms with Crippen molar-refractivity contribution in [3.05, 3.63) is 0 Å². The molecule has 28 aliphatic carbocycles. The highest BCUT2D eigenvalue weighted by Crippen LogP contribution is 2.64. The highest BCUT2D eigenvalue weighted by molar-refractivity contribution is 5.04. The predicted molar refractivity (Wildman–Crippen MR) is 471 cm³/mol. The van der Waals surface area contributed by atoms with Gasteiger partial charge in [0.2, 0.25) is 0 Å². The van der Waals surface area contributed by atoms with E-state index in [1.165, 1.54) is 199 Å². The lowest BCUT2D eigenvalue weighted by atomic mass is 9.49. The quantitative estimate of drug-likeness (QED) is 0.259. The Labute approximate surface area is 677 Å². The Hall–Kier alpha value is 0. The molecule has 0 heteroatoms. The minimum Gasteiger partial charge on any atom is -0.0651 e. The second-order valence-corrected chi connectivity index (χ2v) is 50.7. The van der Waals surface area contributed by atoms with E-state index in [1.807, 2.05) is 0 Å². The van der Waals surface area contributed by atoms with E-state index in [9.17, 15) is 0 Å². The third kappa shape index (κ3) is 20.8. The minimum atomic E-state index is 0.647. The third-order valence-corrected chi connectivity index (χ3v) is 42.7. The summed E-state index contributed by atoms with van der Waals surface area (Å²) in [6.45, 7) is 44.2. The summed E-state index contributed by atoms with van der Waals surface area (Å²) in [7, 11) is 0. The van der Waals surface area contributed by atoms with Gasteiger partial charge in [-0.05, 0) is 480 Å². The van der Waals surface area contributed by atoms with Crippen LogP contribution in [0.5, 0.6) is 0 Å². The fourth-order valence-corrected chi connectivity index (χ4v) is 33.7. The van der Waals surface area contributed by atoms with Crippen molar-refractivity contribution in [2.45, 2.75) is 484 Å². The van der Waals surface area contributed by atoms with Crippen LogP contribution in [0.1, 0.15) is 484 Å². The zero-order valence-electron chi connectivity index (χ0n) is 76.6. The zero-order chi connectivity index (χ0) is 76.6. The van der Waals surface area contributed by atoms with Gasteiger partial charge in [-0.3, -0.25) is 0 Å². The van der Waals surface area contributed by atoms with Gasteiger partial charge >= 0.3 is 0 Å². The Bertz CT molecular complexity index is 2540. The molecule has 0 saturated heterocycles. The number of rotatable bonds is 2. The molecule has 28 aliphatic rings. The van der Waals surface area contributed by atoms with Crippen LogP contribution in [-0.2, 0) is 0 Å². The summed E-state index contributed by atoms with van der Waals surface area (Å²) in [5, 5.41) is 0. The molecule has 28 fully saturated rings. The smallest absolute Gasteiger partial charge is 0.0292 e. The molecular formula is C108H192. The largest absolute Gasteiger partial charge is 0.0651 e. The molecule has 28 saturated carbocycles. The summed E-state index contributed by atoms with van der Waals surface area (Å²) in [5.41, 5.74) is 5.99. The molecule has 2 spiro atoms. The molecule has 6 unspecified atom stereocenters. The molecule has 0 aliphatic heterocycles. The fourth-order valence-electron chi connectivity index (χ4n) is 33.7. The normalized spacial score (nSPS) is 48.0. The first-order chi connectivity index (χ1) is 51.3. The van der Waals surface area contributed by atoms with Gasteiger partial charge in [-0.25, -0.2) is 0 Å². The average molecular weight is 1490 g/mol. The summed E-state index contributed by atoms with van der Waals surface area (Å²) in [4.78, 5) is 0. The maximum absolute atomic E-state index is 2.54. The molecular weight excluding hydrogens is 1300 g/mol. The van der Waals surface area contributed by atoms with Gasteiger partial charge in [0.05, 0.1) is 0 Å². The van der Waals surface area contributed by atoms with E-state index in [-0.39, 0.29) is 0 Å². The maximum Gasteiger partial charge on any atom is -0.0292 e. The van der Waals surface area contributed by atoms with Crippen molar-refractivity contribution in [3.8, 4) is 0 Å². The average Bonchev–Trinajstić information content (AvgIpc) is 1.28. The Morgan fingerprint density at radius 1 is 0.278 bits per heavy atom. The van der Waals surface area contributed by atoms with Gasteiger partial charge in [0.25, 0.3) is 0 Å². The summed E-state index contributed by atoms with van der Waals surface area (Å²) >= 11 is 0. The van der Waals surface area contributed by atoms with Gasteiger partial charge in [0, 0.05) is 0 Å². The van der Waals surface area contributed by atoms with E-state index >= 15 is 0 Å². The Morgan fingerprint density at radius 3 is 0.991 bits per heavy atom. The third-order valence-electron chi connectivity index (χ3n) is 42.7. The maximum atomic E-state index is 2.54. The highest BCUT2D eigenvalue weighted by atomic mass is 14.6. The summed E-state index contributed by atoms with van der Waals surface area (Å²) in [6.07, 6.45) is 86.2. The summed E-state index contributed by atoms with van der Waals surface area (Å²) in [6, 6.07) is 0. The predicted octanol–water partition coefficient (Wildman–Crippen LogP) is 34.3. The van der Waals surface area contributed by atoms with E-state index in [2.05, 4.69) is 125 Å². The first-order valence-electron chi connectivity index (χ1n) is 51.3. The number of hydrogen-bond donors (Lipinski definition) is 0. The Balaban J connectivity index is 0.000000106. The molecule has 108 heavy (non-hydrogen) atoms. The molecule has 0 aromatic rings. The summed E-state index contributed by atoms with van der Waals surface area (Å²) in [5.74, 6) is 28.3. The molecule has 0 radical (unpaired) electrons. The van der Waals surface area contributed by atoms with Gasteiger partial charge in [0.15, 0.2) is 0 Å². The van der Waals surface area contributed by atoms with E-state index in [1.54, 1.807) is 161 Å². The van der Waals surface area contributed by atoms with Gasteiger partial charge in [-0.1, -0.05) is 202 Å². The van der Waals surface area contributed by atoms with Crippen molar-refractivity contribution in [2.75, 3.05) is 0 Å². The van der Waals surface area contributed by atoms with Crippen LogP contribution in [-0.4, -0.2) is 0 Å². The molecule has 624 valence electrons. The van der Waals surface area contributed by atoms with E-state index in [0.29, 0.717) is 16.2 Å². The first kappa shape index (κ1) is 85.9. The van der Waals surface area contributed by atoms with Crippen LogP contribution < -0.4 is 0 Å². The lowest BCUT2D eigenvalue weighted by Gasteiger charge is -2.56. The zero-order valence-corrected chi connectivity index (χ0v) is 76.6. The van der Waals surface area contributed by atoms with E-state index in [4.69, 9.17) is 0 Å². The molecule has 0 heterocycles. The van der Waals surface area contributed by atoms with Gasteiger partial charge in [-0.2, -0.15) is 0 Å². The molecule has 28 rings (SSSR count). The topological polar surface area (TPSA) is 0 Å². The summed E-state index contributed by atoms with van der Waals surface area (Å²) < 4.78 is 0. The van der Waals surface area contributed by atoms with Crippen molar-refractivity contribution in [3.63, 3.8) is 0 Å². The van der Waals surface area contributed by atoms with Gasteiger partial charge in [-0.15, -0.1) is 0 Å². The fraction of sp³-hybridized carbons (Fsp3) is 1.00. The highest BCUT2D eigenvalue weighted by Gasteiger charge is 2.53. The molecule has 0 aromatic heterocycles. The Morgan fingerprint density at radius 2 is 0.685 bits per heavy atom. The van der Waals surface area contributed by atoms with Crippen LogP contribution in [0.3, 0.4) is 0 Å². The number of hydrogen-bond acceptors (Lipinski definition) is 0. The lowest BCUT2D eigenvalue weighted by molar-refractivity contribution is -0.0545. The molecule has 11 atom stereocenters. The SMILES string of the molecule is CC12CC3CC(CC(C3)C1)C2.CC1C2CCC(CC2)[C@H]1C.CC1CCC2(CC1)CCC(C)(C)CC2.CC1CCC2(CCCCC2)CC1.CCC12CC3CC(CC(C3)C1)C2.CCC1CC2CCC1C2.C[C@@H]1C2CCC(C2)C1(C)C.C[C@@H]1C2CCC(CC2)C1(C)C.C[C@H]1CC2CCC1(C)CC2.C[C@H]1CC2CCC1CC2. The second kappa shape index (κ2) is 36.3. The second-order valence-electron chi connectivity index (χ2n) is 50.7. The van der Waals surface area contributed by atoms with Crippen LogP contribution >= 0.6 is 0 Å². The number of fused-ring (bicyclic) bond motifs is 16. The van der Waals surface area contributed by atoms with Crippen molar-refractivity contribution in [1.29, 1.82) is 0 Å². The van der Waals surface area contributed by atoms with Crippen molar-refractivity contribution < 1.29 is 0 Å². The molecule has 20 bridgehead atoms. The van der Waals surface area contributed by atoms with Gasteiger partial charge in [0.1, 0.15) is 0 Å². The van der Waals surface area contributed by atoms with Crippen molar-refractivity contribution >= 4 is 0 Å². The van der Waals surface area contributed by atoms with Crippen LogP contribution in [0.15, 0.2) is 0 Å². The van der Waals surface area contributed by atoms with Crippen molar-refractivity contribution in [1.82, 2.24) is 0 Å². The Kier molecular flexibility index (Phi) is 28.9. The standard InChI is InChI=1S/C14H26.C12H20.C12H22.C11H18.C11H20.3C10H18.2C9H16/c1-12-4-6-14(7-5-12)10-8-13(2,3)9-11-14;1-2-12-6-9-3-10(7-12)5-11(4-9)8-12;1-11-5-9-12(10-6-11)7-3-2-4-8-12;1-11-5-8-2-9(6-11)4-10(3-8)7-11;1-8-9-4-6-10(7-5-9)11(8,2)3;1-7-8-4-5-9(6-8)10(7,2)3;1-8-7-9-3-5-10(8,2)6-4-9;1-7-8(2)10-5-3-9(7)4-6-10;1-7-6-8-2-4-9(7)5-3-8;1-2-8-5-7-3-4-9(8)6-7/h12H,4-11H2,1-3H3;9-11H,2-8H2,1H3;11H,2-10H2,1H3;8-10H,2-7H2,1H3;8-10H,4-7H2,1-3H3;7-9H,4-6H2,1-3H3;8-9H,3-7H2,1-2H3;7-10H,3-6H2,1-2H3;2*7-9H,2-6H2,1H3/t;;;;8-,9?,10?;7-,8?,9?;8-,9?,10?;7-,8?,9?,10?;7-,8?,9?;/m....11000./s1.